The predicted molar refractivity (Wildman–Crippen MR) is 123 cm³/mol. The van der Waals surface area contributed by atoms with Gasteiger partial charge in [0.2, 0.25) is 5.91 Å². The summed E-state index contributed by atoms with van der Waals surface area (Å²) in [6.45, 7) is 6.28. The Balaban J connectivity index is 0.00000364. The number of rotatable bonds is 8. The highest BCUT2D eigenvalue weighted by atomic mass is 127. The Labute approximate surface area is 180 Å². The first-order valence-corrected chi connectivity index (χ1v) is 9.60. The first kappa shape index (κ1) is 23.7. The molecule has 0 spiro atoms. The molecule has 1 fully saturated rings. The largest absolute Gasteiger partial charge is 0.356 e. The van der Waals surface area contributed by atoms with Crippen LogP contribution in [0.15, 0.2) is 35.3 Å². The van der Waals surface area contributed by atoms with Gasteiger partial charge in [0, 0.05) is 33.2 Å². The lowest BCUT2D eigenvalue weighted by Crippen LogP contribution is -2.45. The van der Waals surface area contributed by atoms with Crippen LogP contribution >= 0.6 is 24.0 Å². The second kappa shape index (κ2) is 12.9. The maximum absolute atomic E-state index is 11.9. The summed E-state index contributed by atoms with van der Waals surface area (Å²) in [5, 5.41) is 6.80. The van der Waals surface area contributed by atoms with E-state index in [-0.39, 0.29) is 36.4 Å². The molecule has 1 aliphatic heterocycles. The molecule has 0 radical (unpaired) electrons. The van der Waals surface area contributed by atoms with Crippen molar-refractivity contribution in [2.45, 2.75) is 32.2 Å². The van der Waals surface area contributed by atoms with E-state index in [0.717, 1.165) is 32.0 Å². The lowest BCUT2D eigenvalue weighted by Gasteiger charge is -2.24. The Morgan fingerprint density at radius 1 is 1.26 bits per heavy atom. The summed E-state index contributed by atoms with van der Waals surface area (Å²) in [5.41, 5.74) is 1.29. The first-order chi connectivity index (χ1) is 12.6. The van der Waals surface area contributed by atoms with Gasteiger partial charge in [0.1, 0.15) is 6.54 Å². The van der Waals surface area contributed by atoms with Gasteiger partial charge in [0.05, 0.1) is 0 Å². The minimum atomic E-state index is 0. The van der Waals surface area contributed by atoms with Crippen molar-refractivity contribution in [3.63, 3.8) is 0 Å². The fraction of sp³-hybridized carbons (Fsp3) is 0.600. The van der Waals surface area contributed by atoms with Crippen LogP contribution in [0.3, 0.4) is 0 Å². The number of likely N-dealkylation sites (tertiary alicyclic amines) is 1. The average molecular weight is 487 g/mol. The molecule has 0 bridgehead atoms. The summed E-state index contributed by atoms with van der Waals surface area (Å²) < 4.78 is 0. The lowest BCUT2D eigenvalue weighted by molar-refractivity contribution is -0.127. The molecular formula is C20H34IN5O. The maximum atomic E-state index is 11.9. The summed E-state index contributed by atoms with van der Waals surface area (Å²) in [5.74, 6) is 0.726. The van der Waals surface area contributed by atoms with Crippen molar-refractivity contribution in [2.75, 3.05) is 46.8 Å². The van der Waals surface area contributed by atoms with Gasteiger partial charge in [0.15, 0.2) is 5.96 Å². The van der Waals surface area contributed by atoms with E-state index in [1.165, 1.54) is 24.9 Å². The number of hydrogen-bond donors (Lipinski definition) is 2. The summed E-state index contributed by atoms with van der Waals surface area (Å²) >= 11 is 0. The smallest absolute Gasteiger partial charge is 0.243 e. The van der Waals surface area contributed by atoms with Gasteiger partial charge in [-0.25, -0.2) is 4.99 Å². The van der Waals surface area contributed by atoms with Crippen LogP contribution in [0, 0.1) is 0 Å². The molecule has 0 aromatic heterocycles. The number of benzene rings is 1. The molecule has 6 nitrogen and oxygen atoms in total. The van der Waals surface area contributed by atoms with Crippen molar-refractivity contribution in [3.8, 4) is 0 Å². The van der Waals surface area contributed by atoms with Gasteiger partial charge in [-0.2, -0.15) is 0 Å². The molecule has 1 aromatic carbocycles. The lowest BCUT2D eigenvalue weighted by atomic mass is 10.1. The molecule has 1 aromatic rings. The molecule has 2 N–H and O–H groups in total. The van der Waals surface area contributed by atoms with Crippen molar-refractivity contribution in [3.05, 3.63) is 35.9 Å². The van der Waals surface area contributed by atoms with E-state index in [1.54, 1.807) is 19.0 Å². The Bertz CT molecular complexity index is 579. The van der Waals surface area contributed by atoms with Gasteiger partial charge in [-0.15, -0.1) is 24.0 Å². The van der Waals surface area contributed by atoms with E-state index in [9.17, 15) is 4.79 Å². The van der Waals surface area contributed by atoms with Gasteiger partial charge in [-0.1, -0.05) is 37.3 Å². The molecular weight excluding hydrogens is 453 g/mol. The Hall–Kier alpha value is -1.35. The molecule has 7 heteroatoms. The van der Waals surface area contributed by atoms with Crippen LogP contribution in [0.1, 0.15) is 25.3 Å². The van der Waals surface area contributed by atoms with Crippen molar-refractivity contribution >= 4 is 35.8 Å². The fourth-order valence-electron chi connectivity index (χ4n) is 3.19. The summed E-state index contributed by atoms with van der Waals surface area (Å²) in [6, 6.07) is 10.9. The molecule has 1 aliphatic rings. The van der Waals surface area contributed by atoms with Crippen LogP contribution in [0.4, 0.5) is 0 Å². The van der Waals surface area contributed by atoms with Crippen LogP contribution in [0.25, 0.3) is 0 Å². The summed E-state index contributed by atoms with van der Waals surface area (Å²) in [7, 11) is 3.51. The monoisotopic (exact) mass is 487 g/mol. The zero-order valence-electron chi connectivity index (χ0n) is 16.8. The minimum Gasteiger partial charge on any atom is -0.356 e. The number of nitrogens with one attached hydrogen (secondary N) is 2. The van der Waals surface area contributed by atoms with Crippen molar-refractivity contribution in [1.29, 1.82) is 0 Å². The molecule has 0 saturated carbocycles. The van der Waals surface area contributed by atoms with Gasteiger partial charge < -0.3 is 15.5 Å². The maximum Gasteiger partial charge on any atom is 0.243 e. The third kappa shape index (κ3) is 8.47. The predicted octanol–water partition coefficient (Wildman–Crippen LogP) is 1.95. The number of aliphatic imine (C=N–C) groups is 1. The molecule has 1 heterocycles. The number of carbonyl (C=O) groups excluding carboxylic acids is 1. The second-order valence-corrected chi connectivity index (χ2v) is 6.92. The van der Waals surface area contributed by atoms with E-state index >= 15 is 0 Å². The number of nitrogens with zero attached hydrogens (tertiary/aromatic N) is 3. The highest BCUT2D eigenvalue weighted by Gasteiger charge is 2.22. The molecule has 27 heavy (non-hydrogen) atoms. The van der Waals surface area contributed by atoms with Crippen LogP contribution in [0.2, 0.25) is 0 Å². The molecule has 1 atom stereocenters. The molecule has 1 unspecified atom stereocenters. The van der Waals surface area contributed by atoms with E-state index < -0.39 is 0 Å². The van der Waals surface area contributed by atoms with E-state index in [4.69, 9.17) is 0 Å². The molecule has 152 valence electrons. The second-order valence-electron chi connectivity index (χ2n) is 6.92. The highest BCUT2D eigenvalue weighted by molar-refractivity contribution is 14.0. The molecule has 0 aliphatic carbocycles. The molecule has 1 saturated heterocycles. The van der Waals surface area contributed by atoms with Gasteiger partial charge in [-0.3, -0.25) is 9.69 Å². The van der Waals surface area contributed by atoms with Gasteiger partial charge in [-0.05, 0) is 37.9 Å². The van der Waals surface area contributed by atoms with Crippen LogP contribution < -0.4 is 10.6 Å². The minimum absolute atomic E-state index is 0. The third-order valence-corrected chi connectivity index (χ3v) is 4.83. The average Bonchev–Trinajstić information content (AvgIpc) is 3.11. The number of guanidine groups is 1. The van der Waals surface area contributed by atoms with Crippen molar-refractivity contribution in [1.82, 2.24) is 20.4 Å². The van der Waals surface area contributed by atoms with Crippen LogP contribution in [-0.2, 0) is 11.2 Å². The van der Waals surface area contributed by atoms with Crippen LogP contribution in [-0.4, -0.2) is 74.5 Å². The normalized spacial score (nSPS) is 17.3. The SMILES string of the molecule is CCN1CCCC1CNC(=NCC(=O)N(C)C)NCCc1ccccc1.I. The fourth-order valence-corrected chi connectivity index (χ4v) is 3.19. The van der Waals surface area contributed by atoms with Crippen molar-refractivity contribution < 1.29 is 4.79 Å². The number of likely N-dealkylation sites (N-methyl/N-ethyl adjacent to an activating group) is 2. The van der Waals surface area contributed by atoms with Crippen LogP contribution in [0.5, 0.6) is 0 Å². The molecule has 1 amide bonds. The zero-order chi connectivity index (χ0) is 18.8. The topological polar surface area (TPSA) is 60.0 Å². The summed E-state index contributed by atoms with van der Waals surface area (Å²) in [4.78, 5) is 20.4. The highest BCUT2D eigenvalue weighted by Crippen LogP contribution is 2.15. The zero-order valence-corrected chi connectivity index (χ0v) is 19.1. The Morgan fingerprint density at radius 3 is 2.67 bits per heavy atom. The van der Waals surface area contributed by atoms with E-state index in [2.05, 4.69) is 51.7 Å². The Morgan fingerprint density at radius 2 is 2.00 bits per heavy atom. The standard InChI is InChI=1S/C20H33N5O.HI/c1-4-25-14-8-11-18(25)15-22-20(23-16-19(26)24(2)3)21-13-12-17-9-6-5-7-10-17;/h5-7,9-10,18H,4,8,11-16H2,1-3H3,(H2,21,22,23);1H. The van der Waals surface area contributed by atoms with E-state index in [1.807, 2.05) is 6.07 Å². The number of carbonyl (C=O) groups is 1. The Kier molecular flexibility index (Phi) is 11.3. The number of amides is 1. The number of halogens is 1. The summed E-state index contributed by atoms with van der Waals surface area (Å²) in [6.07, 6.45) is 3.40. The quantitative estimate of drug-likeness (QED) is 0.335. The van der Waals surface area contributed by atoms with Gasteiger partial charge in [0.25, 0.3) is 0 Å². The van der Waals surface area contributed by atoms with Crippen molar-refractivity contribution in [2.24, 2.45) is 4.99 Å². The molecule has 2 rings (SSSR count). The van der Waals surface area contributed by atoms with E-state index in [0.29, 0.717) is 6.04 Å². The number of hydrogen-bond acceptors (Lipinski definition) is 3. The first-order valence-electron chi connectivity index (χ1n) is 9.60. The third-order valence-electron chi connectivity index (χ3n) is 4.83. The van der Waals surface area contributed by atoms with Gasteiger partial charge >= 0.3 is 0 Å².